The smallest absolute Gasteiger partial charge is 0.129 e. The lowest BCUT2D eigenvalue weighted by atomic mass is 10.00. The second-order valence-corrected chi connectivity index (χ2v) is 6.72. The quantitative estimate of drug-likeness (QED) is 0.522. The van der Waals surface area contributed by atoms with Crippen LogP contribution in [0.25, 0.3) is 22.2 Å². The summed E-state index contributed by atoms with van der Waals surface area (Å²) in [6.07, 6.45) is 3.40. The number of nitrogens with one attached hydrogen (secondary N) is 1. The van der Waals surface area contributed by atoms with E-state index in [9.17, 15) is 0 Å². The predicted molar refractivity (Wildman–Crippen MR) is 113 cm³/mol. The number of hydrogen-bond acceptors (Lipinski definition) is 5. The van der Waals surface area contributed by atoms with E-state index in [1.54, 1.807) is 19.6 Å². The molecule has 0 aliphatic carbocycles. The van der Waals surface area contributed by atoms with Gasteiger partial charge in [-0.3, -0.25) is 4.98 Å². The first-order chi connectivity index (χ1) is 13.7. The molecule has 0 aliphatic heterocycles. The Balaban J connectivity index is 1.52. The van der Waals surface area contributed by atoms with Gasteiger partial charge in [0.2, 0.25) is 0 Å². The number of para-hydroxylation sites is 1. The number of fused-ring (bicyclic) bond motifs is 1. The van der Waals surface area contributed by atoms with Gasteiger partial charge in [0.1, 0.15) is 17.9 Å². The summed E-state index contributed by atoms with van der Waals surface area (Å²) in [6.45, 7) is 2.92. The lowest BCUT2D eigenvalue weighted by Crippen LogP contribution is -2.12. The van der Waals surface area contributed by atoms with Crippen molar-refractivity contribution in [1.29, 1.82) is 0 Å². The van der Waals surface area contributed by atoms with Gasteiger partial charge in [-0.15, -0.1) is 0 Å². The molecule has 28 heavy (non-hydrogen) atoms. The van der Waals surface area contributed by atoms with Crippen LogP contribution in [0.15, 0.2) is 73.2 Å². The van der Waals surface area contributed by atoms with Crippen molar-refractivity contribution in [3.8, 4) is 17.0 Å². The molecule has 2 aromatic heterocycles. The first kappa shape index (κ1) is 17.9. The average molecular weight is 370 g/mol. The van der Waals surface area contributed by atoms with Gasteiger partial charge in [0, 0.05) is 35.7 Å². The van der Waals surface area contributed by atoms with E-state index in [-0.39, 0.29) is 5.92 Å². The van der Waals surface area contributed by atoms with Gasteiger partial charge >= 0.3 is 0 Å². The zero-order chi connectivity index (χ0) is 19.3. The van der Waals surface area contributed by atoms with E-state index in [1.165, 1.54) is 5.56 Å². The number of methoxy groups -OCH3 is 1. The molecule has 0 aliphatic rings. The van der Waals surface area contributed by atoms with Crippen LogP contribution in [-0.4, -0.2) is 28.6 Å². The molecular weight excluding hydrogens is 348 g/mol. The Labute approximate surface area is 164 Å². The molecule has 1 N–H and O–H groups in total. The van der Waals surface area contributed by atoms with E-state index >= 15 is 0 Å². The summed E-state index contributed by atoms with van der Waals surface area (Å²) in [4.78, 5) is 13.2. The second kappa shape index (κ2) is 8.05. The average Bonchev–Trinajstić information content (AvgIpc) is 2.77. The van der Waals surface area contributed by atoms with Gasteiger partial charge in [-0.25, -0.2) is 9.97 Å². The monoisotopic (exact) mass is 370 g/mol. The Hall–Kier alpha value is -3.47. The van der Waals surface area contributed by atoms with Crippen molar-refractivity contribution in [2.75, 3.05) is 19.0 Å². The van der Waals surface area contributed by atoms with Crippen LogP contribution in [0.2, 0.25) is 0 Å². The Morgan fingerprint density at radius 3 is 2.75 bits per heavy atom. The van der Waals surface area contributed by atoms with Crippen molar-refractivity contribution in [3.05, 3.63) is 78.8 Å². The molecule has 4 rings (SSSR count). The highest BCUT2D eigenvalue weighted by Gasteiger charge is 2.11. The first-order valence-corrected chi connectivity index (χ1v) is 9.28. The maximum atomic E-state index is 5.47. The third kappa shape index (κ3) is 3.78. The number of hydrogen-bond donors (Lipinski definition) is 1. The number of aromatic nitrogens is 3. The van der Waals surface area contributed by atoms with E-state index in [0.29, 0.717) is 0 Å². The molecular formula is C23H22N4O. The molecule has 4 aromatic rings. The summed E-state index contributed by atoms with van der Waals surface area (Å²) in [5.74, 6) is 1.99. The molecule has 0 saturated carbocycles. The zero-order valence-electron chi connectivity index (χ0n) is 16.0. The van der Waals surface area contributed by atoms with Gasteiger partial charge in [-0.05, 0) is 29.8 Å². The number of nitrogens with zero attached hydrogens (tertiary/aromatic N) is 3. The Morgan fingerprint density at radius 2 is 1.86 bits per heavy atom. The van der Waals surface area contributed by atoms with Crippen molar-refractivity contribution in [1.82, 2.24) is 15.0 Å². The molecule has 0 bridgehead atoms. The highest BCUT2D eigenvalue weighted by atomic mass is 16.5. The van der Waals surface area contributed by atoms with Gasteiger partial charge in [-0.2, -0.15) is 0 Å². The molecule has 5 heteroatoms. The van der Waals surface area contributed by atoms with Gasteiger partial charge in [-0.1, -0.05) is 37.3 Å². The lowest BCUT2D eigenvalue weighted by Gasteiger charge is -2.16. The second-order valence-electron chi connectivity index (χ2n) is 6.72. The highest BCUT2D eigenvalue weighted by Crippen LogP contribution is 2.27. The molecule has 0 unspecified atom stereocenters. The minimum Gasteiger partial charge on any atom is -0.496 e. The summed E-state index contributed by atoms with van der Waals surface area (Å²) in [7, 11) is 1.70. The molecule has 0 saturated heterocycles. The first-order valence-electron chi connectivity index (χ1n) is 9.28. The number of anilines is 1. The maximum Gasteiger partial charge on any atom is 0.129 e. The fraction of sp³-hybridized carbons (Fsp3) is 0.174. The Kier molecular flexibility index (Phi) is 5.15. The summed E-state index contributed by atoms with van der Waals surface area (Å²) in [6, 6.07) is 20.2. The summed E-state index contributed by atoms with van der Waals surface area (Å²) in [5, 5.41) is 4.52. The van der Waals surface area contributed by atoms with E-state index in [2.05, 4.69) is 45.4 Å². The zero-order valence-corrected chi connectivity index (χ0v) is 16.0. The SMILES string of the molecule is COc1ccccc1[C@H](C)CNc1cc(-c2ccc3ncccc3c2)ncn1. The van der Waals surface area contributed by atoms with Gasteiger partial charge < -0.3 is 10.1 Å². The Morgan fingerprint density at radius 1 is 0.964 bits per heavy atom. The third-order valence-corrected chi connectivity index (χ3v) is 4.83. The summed E-state index contributed by atoms with van der Waals surface area (Å²) < 4.78 is 5.47. The summed E-state index contributed by atoms with van der Waals surface area (Å²) >= 11 is 0. The molecule has 0 spiro atoms. The fourth-order valence-corrected chi connectivity index (χ4v) is 3.29. The van der Waals surface area contributed by atoms with Crippen LogP contribution in [0, 0.1) is 0 Å². The van der Waals surface area contributed by atoms with E-state index < -0.39 is 0 Å². The van der Waals surface area contributed by atoms with Crippen LogP contribution in [-0.2, 0) is 0 Å². The van der Waals surface area contributed by atoms with Crippen molar-refractivity contribution >= 4 is 16.7 Å². The standard InChI is InChI=1S/C23H22N4O/c1-16(19-7-3-4-8-22(19)28-2)14-25-23-13-21(26-15-27-23)18-9-10-20-17(12-18)6-5-11-24-20/h3-13,15-16H,14H2,1-2H3,(H,25,26,27)/t16-/m1/s1. The molecule has 2 heterocycles. The number of pyridine rings is 1. The van der Waals surface area contributed by atoms with E-state index in [4.69, 9.17) is 4.74 Å². The largest absolute Gasteiger partial charge is 0.496 e. The number of rotatable bonds is 6. The topological polar surface area (TPSA) is 59.9 Å². The molecule has 0 fully saturated rings. The van der Waals surface area contributed by atoms with E-state index in [0.717, 1.165) is 40.3 Å². The summed E-state index contributed by atoms with van der Waals surface area (Å²) in [5.41, 5.74) is 4.08. The van der Waals surface area contributed by atoms with Crippen molar-refractivity contribution < 1.29 is 4.74 Å². The van der Waals surface area contributed by atoms with Crippen LogP contribution in [0.4, 0.5) is 5.82 Å². The molecule has 2 aromatic carbocycles. The van der Waals surface area contributed by atoms with Gasteiger partial charge in [0.05, 0.1) is 18.3 Å². The van der Waals surface area contributed by atoms with Crippen LogP contribution in [0.5, 0.6) is 5.75 Å². The van der Waals surface area contributed by atoms with Crippen LogP contribution < -0.4 is 10.1 Å². The Bertz CT molecular complexity index is 1100. The lowest BCUT2D eigenvalue weighted by molar-refractivity contribution is 0.407. The molecule has 0 radical (unpaired) electrons. The normalized spacial score (nSPS) is 11.9. The molecule has 0 amide bonds. The fourth-order valence-electron chi connectivity index (χ4n) is 3.29. The van der Waals surface area contributed by atoms with Crippen LogP contribution >= 0.6 is 0 Å². The molecule has 140 valence electrons. The van der Waals surface area contributed by atoms with Crippen LogP contribution in [0.1, 0.15) is 18.4 Å². The molecule has 1 atom stereocenters. The van der Waals surface area contributed by atoms with Crippen molar-refractivity contribution in [2.24, 2.45) is 0 Å². The molecule has 5 nitrogen and oxygen atoms in total. The minimum atomic E-state index is 0.279. The third-order valence-electron chi connectivity index (χ3n) is 4.83. The van der Waals surface area contributed by atoms with Crippen molar-refractivity contribution in [2.45, 2.75) is 12.8 Å². The van der Waals surface area contributed by atoms with Gasteiger partial charge in [0.15, 0.2) is 0 Å². The van der Waals surface area contributed by atoms with Crippen molar-refractivity contribution in [3.63, 3.8) is 0 Å². The van der Waals surface area contributed by atoms with Crippen LogP contribution in [0.3, 0.4) is 0 Å². The predicted octanol–water partition coefficient (Wildman–Crippen LogP) is 4.92. The number of benzene rings is 2. The highest BCUT2D eigenvalue weighted by molar-refractivity contribution is 5.83. The van der Waals surface area contributed by atoms with E-state index in [1.807, 2.05) is 42.5 Å². The maximum absolute atomic E-state index is 5.47. The minimum absolute atomic E-state index is 0.279. The number of ether oxygens (including phenoxy) is 1. The van der Waals surface area contributed by atoms with Gasteiger partial charge in [0.25, 0.3) is 0 Å².